The molecule has 0 aromatic carbocycles. The van der Waals surface area contributed by atoms with Crippen LogP contribution in [-0.2, 0) is 4.79 Å². The van der Waals surface area contributed by atoms with Gasteiger partial charge in [-0.1, -0.05) is 20.8 Å². The van der Waals surface area contributed by atoms with Crippen molar-refractivity contribution in [1.82, 2.24) is 5.32 Å². The number of hydrogen-bond donors (Lipinski definition) is 3. The van der Waals surface area contributed by atoms with Gasteiger partial charge in [-0.15, -0.1) is 0 Å². The molecule has 0 radical (unpaired) electrons. The smallest absolute Gasteiger partial charge is 0.237 e. The first-order chi connectivity index (χ1) is 6.02. The second kappa shape index (κ2) is 5.94. The van der Waals surface area contributed by atoms with Crippen LogP contribution < -0.4 is 11.1 Å². The average molecular weight is 188 g/mol. The molecule has 1 unspecified atom stereocenters. The zero-order chi connectivity index (χ0) is 10.4. The van der Waals surface area contributed by atoms with Crippen LogP contribution in [0.5, 0.6) is 0 Å². The summed E-state index contributed by atoms with van der Waals surface area (Å²) in [4.78, 5) is 11.4. The summed E-state index contributed by atoms with van der Waals surface area (Å²) in [6.07, 6.45) is 0.715. The van der Waals surface area contributed by atoms with Crippen molar-refractivity contribution in [3.8, 4) is 0 Å². The minimum atomic E-state index is -0.486. The van der Waals surface area contributed by atoms with Crippen molar-refractivity contribution in [1.29, 1.82) is 0 Å². The number of hydrogen-bond acceptors (Lipinski definition) is 3. The third-order valence-corrected chi connectivity index (χ3v) is 2.08. The maximum absolute atomic E-state index is 11.4. The summed E-state index contributed by atoms with van der Waals surface area (Å²) in [7, 11) is 0. The number of rotatable bonds is 5. The minimum Gasteiger partial charge on any atom is -0.394 e. The Hall–Kier alpha value is -0.610. The van der Waals surface area contributed by atoms with Crippen molar-refractivity contribution in [3.05, 3.63) is 0 Å². The molecule has 0 aliphatic carbocycles. The molecule has 0 aromatic heterocycles. The van der Waals surface area contributed by atoms with Gasteiger partial charge >= 0.3 is 0 Å². The second-order valence-corrected chi connectivity index (χ2v) is 3.57. The number of amides is 1. The van der Waals surface area contributed by atoms with E-state index >= 15 is 0 Å². The van der Waals surface area contributed by atoms with Crippen LogP contribution in [0.3, 0.4) is 0 Å². The highest BCUT2D eigenvalue weighted by Crippen LogP contribution is 1.99. The lowest BCUT2D eigenvalue weighted by Crippen LogP contribution is -2.48. The van der Waals surface area contributed by atoms with E-state index in [1.54, 1.807) is 0 Å². The third kappa shape index (κ3) is 4.24. The van der Waals surface area contributed by atoms with Crippen molar-refractivity contribution in [2.75, 3.05) is 6.61 Å². The maximum atomic E-state index is 11.4. The van der Waals surface area contributed by atoms with Crippen molar-refractivity contribution in [2.45, 2.75) is 39.3 Å². The summed E-state index contributed by atoms with van der Waals surface area (Å²) in [6.45, 7) is 5.66. The Kier molecular flexibility index (Phi) is 5.66. The minimum absolute atomic E-state index is 0.0347. The van der Waals surface area contributed by atoms with Crippen LogP contribution in [0.25, 0.3) is 0 Å². The SMILES string of the molecule is CCC(CO)NC(=O)[C@@H](N)C(C)C. The van der Waals surface area contributed by atoms with E-state index in [1.165, 1.54) is 0 Å². The number of nitrogens with two attached hydrogens (primary N) is 1. The van der Waals surface area contributed by atoms with Gasteiger partial charge in [-0.2, -0.15) is 0 Å². The van der Waals surface area contributed by atoms with Crippen molar-refractivity contribution >= 4 is 5.91 Å². The van der Waals surface area contributed by atoms with E-state index in [2.05, 4.69) is 5.32 Å². The lowest BCUT2D eigenvalue weighted by Gasteiger charge is -2.19. The Morgan fingerprint density at radius 1 is 1.54 bits per heavy atom. The van der Waals surface area contributed by atoms with Gasteiger partial charge < -0.3 is 16.2 Å². The Labute approximate surface area is 79.5 Å². The molecule has 2 atom stereocenters. The molecule has 0 fully saturated rings. The molecule has 0 saturated carbocycles. The van der Waals surface area contributed by atoms with Crippen LogP contribution in [0.4, 0.5) is 0 Å². The molecular formula is C9H20N2O2. The molecule has 0 saturated heterocycles. The van der Waals surface area contributed by atoms with E-state index in [0.717, 1.165) is 0 Å². The highest BCUT2D eigenvalue weighted by molar-refractivity contribution is 5.81. The summed E-state index contributed by atoms with van der Waals surface area (Å²) < 4.78 is 0. The second-order valence-electron chi connectivity index (χ2n) is 3.57. The summed E-state index contributed by atoms with van der Waals surface area (Å²) in [5.41, 5.74) is 5.62. The molecule has 4 N–H and O–H groups in total. The summed E-state index contributed by atoms with van der Waals surface area (Å²) in [6, 6.07) is -0.655. The van der Waals surface area contributed by atoms with E-state index in [4.69, 9.17) is 10.8 Å². The monoisotopic (exact) mass is 188 g/mol. The van der Waals surface area contributed by atoms with Gasteiger partial charge in [0.05, 0.1) is 18.7 Å². The fourth-order valence-corrected chi connectivity index (χ4v) is 0.877. The molecule has 1 amide bonds. The summed E-state index contributed by atoms with van der Waals surface area (Å²) in [5, 5.41) is 11.5. The van der Waals surface area contributed by atoms with Gasteiger partial charge in [-0.3, -0.25) is 4.79 Å². The van der Waals surface area contributed by atoms with Crippen LogP contribution in [-0.4, -0.2) is 29.7 Å². The van der Waals surface area contributed by atoms with Crippen LogP contribution >= 0.6 is 0 Å². The van der Waals surface area contributed by atoms with Crippen LogP contribution in [0, 0.1) is 5.92 Å². The quantitative estimate of drug-likeness (QED) is 0.562. The Morgan fingerprint density at radius 2 is 2.08 bits per heavy atom. The topological polar surface area (TPSA) is 75.3 Å². The predicted molar refractivity (Wildman–Crippen MR) is 52.1 cm³/mol. The van der Waals surface area contributed by atoms with Gasteiger partial charge in [-0.25, -0.2) is 0 Å². The zero-order valence-corrected chi connectivity index (χ0v) is 8.58. The fraction of sp³-hybridized carbons (Fsp3) is 0.889. The Bertz CT molecular complexity index is 156. The molecule has 13 heavy (non-hydrogen) atoms. The first-order valence-electron chi connectivity index (χ1n) is 4.69. The van der Waals surface area contributed by atoms with Crippen LogP contribution in [0.2, 0.25) is 0 Å². The molecule has 0 bridgehead atoms. The van der Waals surface area contributed by atoms with Crippen molar-refractivity contribution in [2.24, 2.45) is 11.7 Å². The normalized spacial score (nSPS) is 15.5. The summed E-state index contributed by atoms with van der Waals surface area (Å²) >= 11 is 0. The number of nitrogens with one attached hydrogen (secondary N) is 1. The fourth-order valence-electron chi connectivity index (χ4n) is 0.877. The molecule has 4 heteroatoms. The van der Waals surface area contributed by atoms with Gasteiger partial charge in [0.15, 0.2) is 0 Å². The molecule has 78 valence electrons. The van der Waals surface area contributed by atoms with Gasteiger partial charge in [0.2, 0.25) is 5.91 Å². The van der Waals surface area contributed by atoms with Gasteiger partial charge in [0, 0.05) is 0 Å². The highest BCUT2D eigenvalue weighted by Gasteiger charge is 2.19. The van der Waals surface area contributed by atoms with E-state index in [0.29, 0.717) is 6.42 Å². The third-order valence-electron chi connectivity index (χ3n) is 2.08. The largest absolute Gasteiger partial charge is 0.394 e. The zero-order valence-electron chi connectivity index (χ0n) is 8.58. The molecule has 0 heterocycles. The standard InChI is InChI=1S/C9H20N2O2/c1-4-7(5-12)11-9(13)8(10)6(2)3/h6-8,12H,4-5,10H2,1-3H3,(H,11,13)/t7?,8-/m0/s1. The molecule has 0 aliphatic heterocycles. The molecular weight excluding hydrogens is 168 g/mol. The first kappa shape index (κ1) is 12.4. The van der Waals surface area contributed by atoms with Gasteiger partial charge in [-0.05, 0) is 12.3 Å². The maximum Gasteiger partial charge on any atom is 0.237 e. The molecule has 0 aromatic rings. The number of carbonyl (C=O) groups is 1. The summed E-state index contributed by atoms with van der Waals surface area (Å²) in [5.74, 6) is -0.0629. The van der Waals surface area contributed by atoms with E-state index < -0.39 is 6.04 Å². The lowest BCUT2D eigenvalue weighted by atomic mass is 10.0. The van der Waals surface area contributed by atoms with Crippen molar-refractivity contribution in [3.63, 3.8) is 0 Å². The number of aliphatic hydroxyl groups is 1. The van der Waals surface area contributed by atoms with Crippen molar-refractivity contribution < 1.29 is 9.90 Å². The molecule has 0 rings (SSSR count). The average Bonchev–Trinajstić information content (AvgIpc) is 2.12. The number of aliphatic hydroxyl groups excluding tert-OH is 1. The predicted octanol–water partition coefficient (Wildman–Crippen LogP) is -0.143. The Morgan fingerprint density at radius 3 is 2.38 bits per heavy atom. The van der Waals surface area contributed by atoms with Gasteiger partial charge in [0.25, 0.3) is 0 Å². The van der Waals surface area contributed by atoms with E-state index in [9.17, 15) is 4.79 Å². The lowest BCUT2D eigenvalue weighted by molar-refractivity contribution is -0.124. The van der Waals surface area contributed by atoms with E-state index in [-0.39, 0.29) is 24.5 Å². The Balaban J connectivity index is 3.98. The van der Waals surface area contributed by atoms with Gasteiger partial charge in [0.1, 0.15) is 0 Å². The first-order valence-corrected chi connectivity index (χ1v) is 4.69. The van der Waals surface area contributed by atoms with Crippen LogP contribution in [0.1, 0.15) is 27.2 Å². The number of carbonyl (C=O) groups excluding carboxylic acids is 1. The van der Waals surface area contributed by atoms with E-state index in [1.807, 2.05) is 20.8 Å². The van der Waals surface area contributed by atoms with Crippen LogP contribution in [0.15, 0.2) is 0 Å². The molecule has 0 aliphatic rings. The highest BCUT2D eigenvalue weighted by atomic mass is 16.3. The molecule has 4 nitrogen and oxygen atoms in total. The molecule has 0 spiro atoms.